The van der Waals surface area contributed by atoms with E-state index in [1.807, 2.05) is 0 Å². The van der Waals surface area contributed by atoms with Gasteiger partial charge in [-0.3, -0.25) is 4.79 Å². The van der Waals surface area contributed by atoms with E-state index in [9.17, 15) is 37.0 Å². The summed E-state index contributed by atoms with van der Waals surface area (Å²) >= 11 is 0. The maximum Gasteiger partial charge on any atom is 0.431 e. The van der Waals surface area contributed by atoms with Crippen LogP contribution in [0.2, 0.25) is 0 Å². The van der Waals surface area contributed by atoms with Crippen LogP contribution in [0, 0.1) is 11.3 Å². The SMILES string of the molecule is CC(F)(F)C(OC(=O)C12CC3CC(O)(CC(O)(C3)C1)C2)C(F)(F)F. The number of carbonyl (C=O) groups excluding carboxylic acids is 1. The first kappa shape index (κ1) is 17.8. The summed E-state index contributed by atoms with van der Waals surface area (Å²) in [5, 5.41) is 21.0. The predicted molar refractivity (Wildman–Crippen MR) is 70.1 cm³/mol. The fourth-order valence-corrected chi connectivity index (χ4v) is 5.25. The van der Waals surface area contributed by atoms with Crippen LogP contribution in [-0.4, -0.2) is 45.6 Å². The van der Waals surface area contributed by atoms with Crippen molar-refractivity contribution in [2.24, 2.45) is 11.3 Å². The van der Waals surface area contributed by atoms with Gasteiger partial charge in [-0.25, -0.2) is 8.78 Å². The van der Waals surface area contributed by atoms with Crippen molar-refractivity contribution in [1.29, 1.82) is 0 Å². The highest BCUT2D eigenvalue weighted by molar-refractivity contribution is 5.78. The van der Waals surface area contributed by atoms with Gasteiger partial charge in [0, 0.05) is 13.3 Å². The average Bonchev–Trinajstić information content (AvgIpc) is 2.27. The van der Waals surface area contributed by atoms with E-state index in [0.29, 0.717) is 12.8 Å². The molecule has 4 nitrogen and oxygen atoms in total. The van der Waals surface area contributed by atoms with Crippen molar-refractivity contribution in [2.45, 2.75) is 74.9 Å². The Morgan fingerprint density at radius 3 is 1.92 bits per heavy atom. The number of carbonyl (C=O) groups is 1. The van der Waals surface area contributed by atoms with Gasteiger partial charge in [-0.1, -0.05) is 0 Å². The van der Waals surface area contributed by atoms with E-state index in [1.54, 1.807) is 0 Å². The van der Waals surface area contributed by atoms with Crippen molar-refractivity contribution >= 4 is 5.97 Å². The van der Waals surface area contributed by atoms with Gasteiger partial charge in [0.1, 0.15) is 0 Å². The summed E-state index contributed by atoms with van der Waals surface area (Å²) in [6.07, 6.45) is -8.43. The van der Waals surface area contributed by atoms with E-state index in [-0.39, 0.29) is 38.5 Å². The van der Waals surface area contributed by atoms with Crippen LogP contribution in [0.25, 0.3) is 0 Å². The number of alkyl halides is 5. The summed E-state index contributed by atoms with van der Waals surface area (Å²) < 4.78 is 69.3. The van der Waals surface area contributed by atoms with Crippen molar-refractivity contribution in [3.8, 4) is 0 Å². The van der Waals surface area contributed by atoms with Crippen molar-refractivity contribution in [2.75, 3.05) is 0 Å². The van der Waals surface area contributed by atoms with Crippen LogP contribution in [0.3, 0.4) is 0 Å². The zero-order valence-electron chi connectivity index (χ0n) is 13.0. The van der Waals surface area contributed by atoms with Gasteiger partial charge in [-0.15, -0.1) is 0 Å². The molecule has 0 aromatic carbocycles. The van der Waals surface area contributed by atoms with Gasteiger partial charge in [0.05, 0.1) is 16.6 Å². The number of aliphatic hydroxyl groups is 2. The lowest BCUT2D eigenvalue weighted by Gasteiger charge is -2.62. The number of esters is 1. The highest BCUT2D eigenvalue weighted by Crippen LogP contribution is 2.63. The lowest BCUT2D eigenvalue weighted by molar-refractivity contribution is -0.286. The molecule has 4 bridgehead atoms. The standard InChI is InChI=1S/C15H19F5O4/c1-11(16,17)9(15(18,19)20)24-10(21)12-2-8-3-13(22,5-12)7-14(23,4-8)6-12/h8-9,22-23H,2-7H2,1H3. The summed E-state index contributed by atoms with van der Waals surface area (Å²) in [6, 6.07) is 0. The first-order chi connectivity index (χ1) is 10.7. The summed E-state index contributed by atoms with van der Waals surface area (Å²) in [6.45, 7) is 0.0409. The van der Waals surface area contributed by atoms with E-state index in [1.165, 1.54) is 0 Å². The van der Waals surface area contributed by atoms with E-state index in [2.05, 4.69) is 4.74 Å². The molecule has 4 aliphatic carbocycles. The molecule has 4 fully saturated rings. The summed E-state index contributed by atoms with van der Waals surface area (Å²) in [5.74, 6) is -5.94. The van der Waals surface area contributed by atoms with Gasteiger partial charge in [0.2, 0.25) is 0 Å². The van der Waals surface area contributed by atoms with Gasteiger partial charge >= 0.3 is 12.1 Å². The quantitative estimate of drug-likeness (QED) is 0.601. The number of rotatable bonds is 3. The Morgan fingerprint density at radius 2 is 1.54 bits per heavy atom. The smallest absolute Gasteiger partial charge is 0.431 e. The number of hydrogen-bond acceptors (Lipinski definition) is 4. The third kappa shape index (κ3) is 2.89. The topological polar surface area (TPSA) is 66.8 Å². The van der Waals surface area contributed by atoms with Crippen molar-refractivity contribution < 1.29 is 41.7 Å². The molecule has 24 heavy (non-hydrogen) atoms. The Morgan fingerprint density at radius 1 is 1.04 bits per heavy atom. The molecule has 0 amide bonds. The van der Waals surface area contributed by atoms with Crippen molar-refractivity contribution in [1.82, 2.24) is 0 Å². The van der Waals surface area contributed by atoms with Crippen LogP contribution in [0.15, 0.2) is 0 Å². The molecule has 0 aromatic heterocycles. The highest BCUT2D eigenvalue weighted by atomic mass is 19.4. The van der Waals surface area contributed by atoms with E-state index in [0.717, 1.165) is 0 Å². The number of hydrogen-bond donors (Lipinski definition) is 2. The molecule has 3 atom stereocenters. The number of ether oxygens (including phenoxy) is 1. The molecular formula is C15H19F5O4. The minimum atomic E-state index is -5.41. The second-order valence-corrected chi connectivity index (χ2v) is 8.02. The first-order valence-corrected chi connectivity index (χ1v) is 7.77. The van der Waals surface area contributed by atoms with Crippen LogP contribution >= 0.6 is 0 Å². The average molecular weight is 358 g/mol. The van der Waals surface area contributed by atoms with Gasteiger partial charge < -0.3 is 14.9 Å². The van der Waals surface area contributed by atoms with Gasteiger partial charge in [-0.2, -0.15) is 13.2 Å². The van der Waals surface area contributed by atoms with E-state index >= 15 is 0 Å². The van der Waals surface area contributed by atoms with E-state index < -0.39 is 40.8 Å². The Labute approximate surface area is 135 Å². The zero-order valence-corrected chi connectivity index (χ0v) is 13.0. The highest BCUT2D eigenvalue weighted by Gasteiger charge is 2.67. The largest absolute Gasteiger partial charge is 0.446 e. The first-order valence-electron chi connectivity index (χ1n) is 7.77. The molecule has 4 rings (SSSR count). The molecule has 4 aliphatic rings. The molecule has 2 N–H and O–H groups in total. The molecule has 0 aliphatic heterocycles. The lowest BCUT2D eigenvalue weighted by Crippen LogP contribution is -2.65. The fraction of sp³-hybridized carbons (Fsp3) is 0.933. The Hall–Kier alpha value is -0.960. The molecule has 0 radical (unpaired) electrons. The molecule has 0 saturated heterocycles. The molecular weight excluding hydrogens is 339 g/mol. The zero-order chi connectivity index (χ0) is 18.2. The molecule has 0 heterocycles. The molecule has 3 unspecified atom stereocenters. The summed E-state index contributed by atoms with van der Waals surface area (Å²) in [7, 11) is 0. The third-order valence-electron chi connectivity index (χ3n) is 5.43. The van der Waals surface area contributed by atoms with Gasteiger partial charge in [0.25, 0.3) is 12.0 Å². The van der Waals surface area contributed by atoms with Crippen LogP contribution in [0.5, 0.6) is 0 Å². The predicted octanol–water partition coefficient (Wildman–Crippen LogP) is 2.56. The van der Waals surface area contributed by atoms with Crippen LogP contribution in [-0.2, 0) is 9.53 Å². The molecule has 9 heteroatoms. The molecule has 4 saturated carbocycles. The Kier molecular flexibility index (Phi) is 3.58. The number of halogens is 5. The summed E-state index contributed by atoms with van der Waals surface area (Å²) in [4.78, 5) is 12.4. The maximum atomic E-state index is 13.3. The Balaban J connectivity index is 1.87. The van der Waals surface area contributed by atoms with Gasteiger partial charge in [-0.05, 0) is 38.0 Å². The monoisotopic (exact) mass is 358 g/mol. The van der Waals surface area contributed by atoms with Gasteiger partial charge in [0.15, 0.2) is 0 Å². The Bertz CT molecular complexity index is 523. The van der Waals surface area contributed by atoms with E-state index in [4.69, 9.17) is 0 Å². The third-order valence-corrected chi connectivity index (χ3v) is 5.43. The van der Waals surface area contributed by atoms with Crippen LogP contribution in [0.4, 0.5) is 22.0 Å². The maximum absolute atomic E-state index is 13.3. The van der Waals surface area contributed by atoms with Crippen molar-refractivity contribution in [3.63, 3.8) is 0 Å². The summed E-state index contributed by atoms with van der Waals surface area (Å²) in [5.41, 5.74) is -4.27. The van der Waals surface area contributed by atoms with Crippen LogP contribution < -0.4 is 0 Å². The minimum absolute atomic E-state index is 0.0398. The van der Waals surface area contributed by atoms with Crippen molar-refractivity contribution in [3.05, 3.63) is 0 Å². The second-order valence-electron chi connectivity index (χ2n) is 8.02. The van der Waals surface area contributed by atoms with Crippen LogP contribution in [0.1, 0.15) is 45.4 Å². The lowest BCUT2D eigenvalue weighted by atomic mass is 9.46. The molecule has 138 valence electrons. The molecule has 0 aromatic rings. The fourth-order valence-electron chi connectivity index (χ4n) is 5.25. The second kappa shape index (κ2) is 4.81. The minimum Gasteiger partial charge on any atom is -0.446 e. The molecule has 0 spiro atoms. The normalized spacial score (nSPS) is 42.9.